The fourth-order valence-electron chi connectivity index (χ4n) is 3.65. The van der Waals surface area contributed by atoms with Crippen molar-refractivity contribution in [2.45, 2.75) is 13.0 Å². The van der Waals surface area contributed by atoms with Gasteiger partial charge in [-0.05, 0) is 31.2 Å². The summed E-state index contributed by atoms with van der Waals surface area (Å²) in [6.45, 7) is 2.49. The number of carbonyl (C=O) groups is 2. The van der Waals surface area contributed by atoms with Gasteiger partial charge in [0, 0.05) is 7.11 Å². The Morgan fingerprint density at radius 3 is 2.79 bits per heavy atom. The first-order valence-electron chi connectivity index (χ1n) is 9.14. The van der Waals surface area contributed by atoms with E-state index in [1.807, 2.05) is 28.8 Å². The predicted molar refractivity (Wildman–Crippen MR) is 101 cm³/mol. The quantitative estimate of drug-likeness (QED) is 0.480. The summed E-state index contributed by atoms with van der Waals surface area (Å²) >= 11 is 0. The summed E-state index contributed by atoms with van der Waals surface area (Å²) in [6.07, 6.45) is 1.53. The van der Waals surface area contributed by atoms with E-state index in [-0.39, 0.29) is 19.1 Å². The van der Waals surface area contributed by atoms with Crippen LogP contribution in [0.15, 0.2) is 47.1 Å². The first-order valence-corrected chi connectivity index (χ1v) is 9.14. The van der Waals surface area contributed by atoms with Crippen molar-refractivity contribution in [3.05, 3.63) is 48.4 Å². The van der Waals surface area contributed by atoms with E-state index < -0.39 is 17.9 Å². The summed E-state index contributed by atoms with van der Waals surface area (Å²) < 4.78 is 17.9. The Hall–Kier alpha value is -3.13. The number of benzene rings is 1. The highest BCUT2D eigenvalue weighted by Gasteiger charge is 2.48. The van der Waals surface area contributed by atoms with Gasteiger partial charge >= 0.3 is 5.97 Å². The lowest BCUT2D eigenvalue weighted by atomic mass is 9.93. The van der Waals surface area contributed by atoms with Crippen LogP contribution in [0, 0.1) is 5.92 Å². The third-order valence-corrected chi connectivity index (χ3v) is 4.84. The Morgan fingerprint density at radius 1 is 1.25 bits per heavy atom. The number of para-hydroxylation sites is 2. The van der Waals surface area contributed by atoms with Gasteiger partial charge in [0.05, 0.1) is 37.1 Å². The molecule has 1 aliphatic rings. The van der Waals surface area contributed by atoms with Gasteiger partial charge in [-0.2, -0.15) is 0 Å². The van der Waals surface area contributed by atoms with Crippen molar-refractivity contribution in [1.82, 2.24) is 9.55 Å². The van der Waals surface area contributed by atoms with Crippen molar-refractivity contribution in [2.24, 2.45) is 5.92 Å². The molecule has 0 saturated heterocycles. The maximum atomic E-state index is 13.4. The molecule has 0 radical (unpaired) electrons. The first kappa shape index (κ1) is 18.2. The van der Waals surface area contributed by atoms with Crippen LogP contribution in [-0.2, 0) is 19.1 Å². The van der Waals surface area contributed by atoms with Crippen molar-refractivity contribution in [3.63, 3.8) is 0 Å². The van der Waals surface area contributed by atoms with E-state index in [0.717, 1.165) is 11.0 Å². The number of aromatic nitrogens is 2. The molecule has 3 aromatic rings. The molecule has 2 atom stereocenters. The summed E-state index contributed by atoms with van der Waals surface area (Å²) in [4.78, 5) is 32.3. The van der Waals surface area contributed by atoms with E-state index in [1.165, 1.54) is 11.2 Å². The average molecular weight is 383 g/mol. The predicted octanol–water partition coefficient (Wildman–Crippen LogP) is 2.39. The molecule has 0 saturated carbocycles. The number of rotatable bonds is 6. The minimum absolute atomic E-state index is 0.184. The average Bonchev–Trinajstić information content (AvgIpc) is 3.34. The monoisotopic (exact) mass is 383 g/mol. The van der Waals surface area contributed by atoms with Gasteiger partial charge in [-0.3, -0.25) is 19.1 Å². The van der Waals surface area contributed by atoms with Crippen LogP contribution >= 0.6 is 0 Å². The number of anilines is 1. The van der Waals surface area contributed by atoms with Crippen molar-refractivity contribution >= 4 is 28.9 Å². The number of furan rings is 1. The Morgan fingerprint density at radius 2 is 2.07 bits per heavy atom. The zero-order valence-corrected chi connectivity index (χ0v) is 15.7. The molecule has 2 aromatic heterocycles. The number of nitrogens with zero attached hydrogens (tertiary/aromatic N) is 3. The van der Waals surface area contributed by atoms with E-state index >= 15 is 0 Å². The maximum absolute atomic E-state index is 13.4. The fraction of sp³-hybridized carbons (Fsp3) is 0.350. The second-order valence-corrected chi connectivity index (χ2v) is 6.44. The largest absolute Gasteiger partial charge is 0.467 e. The molecule has 0 fully saturated rings. The zero-order chi connectivity index (χ0) is 19.7. The van der Waals surface area contributed by atoms with Crippen LogP contribution in [0.1, 0.15) is 18.7 Å². The molecule has 146 valence electrons. The van der Waals surface area contributed by atoms with E-state index in [0.29, 0.717) is 18.3 Å². The molecule has 8 nitrogen and oxygen atoms in total. The summed E-state index contributed by atoms with van der Waals surface area (Å²) in [6, 6.07) is 10.4. The van der Waals surface area contributed by atoms with E-state index in [9.17, 15) is 9.59 Å². The van der Waals surface area contributed by atoms with E-state index in [1.54, 1.807) is 26.2 Å². The van der Waals surface area contributed by atoms with E-state index in [4.69, 9.17) is 13.9 Å². The summed E-state index contributed by atoms with van der Waals surface area (Å²) in [7, 11) is 1.56. The number of esters is 1. The second-order valence-electron chi connectivity index (χ2n) is 6.44. The molecule has 28 heavy (non-hydrogen) atoms. The highest BCUT2D eigenvalue weighted by atomic mass is 16.5. The molecule has 1 amide bonds. The van der Waals surface area contributed by atoms with Gasteiger partial charge in [0.15, 0.2) is 5.92 Å². The topological polar surface area (TPSA) is 86.8 Å². The number of ether oxygens (including phenoxy) is 2. The minimum Gasteiger partial charge on any atom is -0.467 e. The second kappa shape index (κ2) is 7.47. The molecule has 0 aliphatic carbocycles. The number of methoxy groups -OCH3 is 1. The summed E-state index contributed by atoms with van der Waals surface area (Å²) in [5.41, 5.74) is 1.54. The molecule has 0 unspecified atom stereocenters. The van der Waals surface area contributed by atoms with Crippen LogP contribution in [0.25, 0.3) is 11.0 Å². The molecule has 8 heteroatoms. The summed E-state index contributed by atoms with van der Waals surface area (Å²) in [5, 5.41) is 0. The molecule has 0 N–H and O–H groups in total. The van der Waals surface area contributed by atoms with Gasteiger partial charge in [-0.25, -0.2) is 4.98 Å². The number of carbonyl (C=O) groups excluding carboxylic acids is 2. The molecular formula is C20H21N3O5. The lowest BCUT2D eigenvalue weighted by Gasteiger charge is -2.36. The van der Waals surface area contributed by atoms with Gasteiger partial charge < -0.3 is 13.9 Å². The highest BCUT2D eigenvalue weighted by molar-refractivity contribution is 6.08. The van der Waals surface area contributed by atoms with Gasteiger partial charge in [0.25, 0.3) is 0 Å². The molecule has 0 spiro atoms. The van der Waals surface area contributed by atoms with Gasteiger partial charge in [0.2, 0.25) is 11.9 Å². The van der Waals surface area contributed by atoms with Crippen LogP contribution < -0.4 is 4.90 Å². The van der Waals surface area contributed by atoms with Crippen LogP contribution in [0.5, 0.6) is 0 Å². The minimum atomic E-state index is -1.08. The van der Waals surface area contributed by atoms with Crippen LogP contribution in [0.4, 0.5) is 5.95 Å². The lowest BCUT2D eigenvalue weighted by molar-refractivity contribution is -0.153. The number of fused-ring (bicyclic) bond motifs is 3. The Labute approximate surface area is 161 Å². The smallest absolute Gasteiger partial charge is 0.321 e. The van der Waals surface area contributed by atoms with E-state index in [2.05, 4.69) is 4.98 Å². The molecular weight excluding hydrogens is 362 g/mol. The van der Waals surface area contributed by atoms with Gasteiger partial charge in [0.1, 0.15) is 11.8 Å². The standard InChI is InChI=1S/C20H21N3O5/c1-3-27-19(25)16-17(15-9-6-11-28-15)23-14-8-5-4-7-13(14)21-20(23)22(18(16)24)10-12-26-2/h4-9,11,16-17H,3,10,12H2,1-2H3/t16-,17+/m0/s1. The van der Waals surface area contributed by atoms with Crippen LogP contribution in [-0.4, -0.2) is 48.3 Å². The highest BCUT2D eigenvalue weighted by Crippen LogP contribution is 2.41. The third-order valence-electron chi connectivity index (χ3n) is 4.84. The number of amides is 1. The zero-order valence-electron chi connectivity index (χ0n) is 15.7. The van der Waals surface area contributed by atoms with Crippen molar-refractivity contribution in [2.75, 3.05) is 31.8 Å². The first-order chi connectivity index (χ1) is 13.7. The van der Waals surface area contributed by atoms with Gasteiger partial charge in [-0.15, -0.1) is 0 Å². The van der Waals surface area contributed by atoms with Crippen molar-refractivity contribution < 1.29 is 23.5 Å². The maximum Gasteiger partial charge on any atom is 0.321 e. The number of hydrogen-bond donors (Lipinski definition) is 0. The molecule has 1 aromatic carbocycles. The van der Waals surface area contributed by atoms with Crippen LogP contribution in [0.2, 0.25) is 0 Å². The fourth-order valence-corrected chi connectivity index (χ4v) is 3.65. The van der Waals surface area contributed by atoms with Crippen molar-refractivity contribution in [3.8, 4) is 0 Å². The summed E-state index contributed by atoms with van der Waals surface area (Å²) in [5.74, 6) is -1.07. The Bertz CT molecular complexity index is 995. The normalized spacial score (nSPS) is 19.1. The number of hydrogen-bond acceptors (Lipinski definition) is 6. The molecule has 4 rings (SSSR count). The van der Waals surface area contributed by atoms with Crippen LogP contribution in [0.3, 0.4) is 0 Å². The third kappa shape index (κ3) is 2.86. The molecule has 1 aliphatic heterocycles. The SMILES string of the molecule is CCOC(=O)[C@@H]1C(=O)N(CCOC)c2nc3ccccc3n2[C@@H]1c1ccco1. The molecule has 3 heterocycles. The van der Waals surface area contributed by atoms with Crippen molar-refractivity contribution in [1.29, 1.82) is 0 Å². The molecule has 0 bridgehead atoms. The lowest BCUT2D eigenvalue weighted by Crippen LogP contribution is -2.51. The van der Waals surface area contributed by atoms with Gasteiger partial charge in [-0.1, -0.05) is 12.1 Å². The number of imidazole rings is 1. The Balaban J connectivity index is 1.95. The Kier molecular flexibility index (Phi) is 4.87.